The number of nitrogens with one attached hydrogen (secondary N) is 1. The van der Waals surface area contributed by atoms with E-state index >= 15 is 0 Å². The highest BCUT2D eigenvalue weighted by Gasteiger charge is 2.54. The highest BCUT2D eigenvalue weighted by molar-refractivity contribution is 5.93. The average Bonchev–Trinajstić information content (AvgIpc) is 3.36. The Morgan fingerprint density at radius 1 is 1.15 bits per heavy atom. The SMILES string of the molecule is COc1ccc(NC(=O)N2CC(=O)N3[C@H](CO)[C@@H](c4ccc(C5=CCCC5)cc4)[C@@H]3C2)cc1. The van der Waals surface area contributed by atoms with E-state index in [-0.39, 0.29) is 43.1 Å². The molecule has 3 amide bonds. The van der Waals surface area contributed by atoms with Crippen molar-refractivity contribution in [3.63, 3.8) is 0 Å². The number of anilines is 1. The molecule has 33 heavy (non-hydrogen) atoms. The summed E-state index contributed by atoms with van der Waals surface area (Å²) >= 11 is 0. The number of piperazine rings is 1. The number of carbonyl (C=O) groups is 2. The molecule has 2 aliphatic heterocycles. The lowest BCUT2D eigenvalue weighted by Crippen LogP contribution is -2.73. The number of fused-ring (bicyclic) bond motifs is 1. The topological polar surface area (TPSA) is 82.1 Å². The molecule has 0 bridgehead atoms. The fourth-order valence-corrected chi connectivity index (χ4v) is 5.38. The van der Waals surface area contributed by atoms with Gasteiger partial charge in [0.05, 0.1) is 25.8 Å². The molecular formula is C26H29N3O4. The van der Waals surface area contributed by atoms with Crippen molar-refractivity contribution in [2.45, 2.75) is 37.3 Å². The molecule has 2 fully saturated rings. The maximum atomic E-state index is 12.9. The van der Waals surface area contributed by atoms with Crippen LogP contribution in [0.2, 0.25) is 0 Å². The molecule has 7 heteroatoms. The second-order valence-corrected chi connectivity index (χ2v) is 8.93. The Bertz CT molecular complexity index is 1060. The van der Waals surface area contributed by atoms with Gasteiger partial charge in [-0.1, -0.05) is 30.3 Å². The van der Waals surface area contributed by atoms with E-state index in [0.717, 1.165) is 18.4 Å². The third kappa shape index (κ3) is 3.97. The van der Waals surface area contributed by atoms with E-state index in [2.05, 4.69) is 35.7 Å². The lowest BCUT2D eigenvalue weighted by Gasteiger charge is -2.58. The van der Waals surface area contributed by atoms with E-state index in [1.807, 2.05) is 0 Å². The smallest absolute Gasteiger partial charge is 0.322 e. The first kappa shape index (κ1) is 21.5. The van der Waals surface area contributed by atoms with E-state index in [1.165, 1.54) is 17.6 Å². The Hall–Kier alpha value is -3.32. The standard InChI is InChI=1S/C26H29N3O4/c1-33-21-12-10-20(11-13-21)27-26(32)28-14-22-25(23(16-30)29(22)24(31)15-28)19-8-6-18(7-9-19)17-4-2-3-5-17/h4,6-13,22-23,25,30H,2-3,5,14-16H2,1H3,(H,27,32)/t22-,23+,25-/m0/s1. The molecule has 3 aliphatic rings. The predicted molar refractivity (Wildman–Crippen MR) is 126 cm³/mol. The van der Waals surface area contributed by atoms with Crippen molar-refractivity contribution < 1.29 is 19.4 Å². The zero-order valence-electron chi connectivity index (χ0n) is 18.7. The Balaban J connectivity index is 1.31. The first-order valence-corrected chi connectivity index (χ1v) is 11.5. The summed E-state index contributed by atoms with van der Waals surface area (Å²) in [5.41, 5.74) is 4.38. The fraction of sp³-hybridized carbons (Fsp3) is 0.385. The van der Waals surface area contributed by atoms with Gasteiger partial charge >= 0.3 is 6.03 Å². The van der Waals surface area contributed by atoms with Crippen LogP contribution in [0.4, 0.5) is 10.5 Å². The molecule has 0 aromatic heterocycles. The van der Waals surface area contributed by atoms with E-state index in [0.29, 0.717) is 18.0 Å². The Morgan fingerprint density at radius 3 is 2.55 bits per heavy atom. The summed E-state index contributed by atoms with van der Waals surface area (Å²) in [5, 5.41) is 12.9. The molecule has 2 aromatic carbocycles. The molecule has 0 unspecified atom stereocenters. The molecule has 2 heterocycles. The van der Waals surface area contributed by atoms with Crippen LogP contribution in [-0.4, -0.2) is 65.7 Å². The van der Waals surface area contributed by atoms with E-state index in [9.17, 15) is 14.7 Å². The van der Waals surface area contributed by atoms with Gasteiger partial charge in [-0.2, -0.15) is 0 Å². The maximum Gasteiger partial charge on any atom is 0.322 e. The second-order valence-electron chi connectivity index (χ2n) is 8.93. The first-order valence-electron chi connectivity index (χ1n) is 11.5. The summed E-state index contributed by atoms with van der Waals surface area (Å²) in [6, 6.07) is 14.9. The van der Waals surface area contributed by atoms with Crippen molar-refractivity contribution >= 4 is 23.2 Å². The molecule has 2 N–H and O–H groups in total. The van der Waals surface area contributed by atoms with Crippen LogP contribution < -0.4 is 10.1 Å². The minimum absolute atomic E-state index is 0.00199. The van der Waals surface area contributed by atoms with Gasteiger partial charge in [0.15, 0.2) is 0 Å². The minimum Gasteiger partial charge on any atom is -0.497 e. The monoisotopic (exact) mass is 447 g/mol. The molecular weight excluding hydrogens is 418 g/mol. The zero-order chi connectivity index (χ0) is 22.9. The van der Waals surface area contributed by atoms with Crippen LogP contribution in [0.3, 0.4) is 0 Å². The van der Waals surface area contributed by atoms with Gasteiger partial charge in [-0.3, -0.25) is 4.79 Å². The molecule has 0 radical (unpaired) electrons. The molecule has 2 aromatic rings. The van der Waals surface area contributed by atoms with Crippen LogP contribution in [0.25, 0.3) is 5.57 Å². The van der Waals surface area contributed by atoms with E-state index < -0.39 is 0 Å². The van der Waals surface area contributed by atoms with Gasteiger partial charge in [-0.15, -0.1) is 0 Å². The molecule has 3 atom stereocenters. The average molecular weight is 448 g/mol. The molecule has 5 rings (SSSR count). The third-order valence-electron chi connectivity index (χ3n) is 7.09. The second kappa shape index (κ2) is 8.90. The summed E-state index contributed by atoms with van der Waals surface area (Å²) in [5.74, 6) is 0.584. The summed E-state index contributed by atoms with van der Waals surface area (Å²) in [6.45, 7) is 0.356. The molecule has 0 spiro atoms. The van der Waals surface area contributed by atoms with Gasteiger partial charge in [0, 0.05) is 18.2 Å². The van der Waals surface area contributed by atoms with Crippen molar-refractivity contribution in [1.29, 1.82) is 0 Å². The largest absolute Gasteiger partial charge is 0.497 e. The number of hydrogen-bond donors (Lipinski definition) is 2. The summed E-state index contributed by atoms with van der Waals surface area (Å²) in [6.07, 6.45) is 5.76. The van der Waals surface area contributed by atoms with Crippen LogP contribution in [-0.2, 0) is 4.79 Å². The normalized spacial score (nSPS) is 24.1. The highest BCUT2D eigenvalue weighted by atomic mass is 16.5. The number of rotatable bonds is 5. The van der Waals surface area contributed by atoms with E-state index in [1.54, 1.807) is 41.2 Å². The number of allylic oxidation sites excluding steroid dienone is 2. The van der Waals surface area contributed by atoms with Crippen LogP contribution >= 0.6 is 0 Å². The van der Waals surface area contributed by atoms with Crippen molar-refractivity contribution in [3.05, 3.63) is 65.7 Å². The number of methoxy groups -OCH3 is 1. The van der Waals surface area contributed by atoms with Crippen molar-refractivity contribution in [1.82, 2.24) is 9.80 Å². The Kier molecular flexibility index (Phi) is 5.81. The van der Waals surface area contributed by atoms with Crippen molar-refractivity contribution in [2.24, 2.45) is 0 Å². The van der Waals surface area contributed by atoms with Gasteiger partial charge in [-0.25, -0.2) is 4.79 Å². The van der Waals surface area contributed by atoms with Crippen molar-refractivity contribution in [3.8, 4) is 5.75 Å². The number of carbonyl (C=O) groups excluding carboxylic acids is 2. The lowest BCUT2D eigenvalue weighted by atomic mass is 9.73. The summed E-state index contributed by atoms with van der Waals surface area (Å²) in [4.78, 5) is 29.1. The maximum absolute atomic E-state index is 12.9. The van der Waals surface area contributed by atoms with Crippen LogP contribution in [0.5, 0.6) is 5.75 Å². The van der Waals surface area contributed by atoms with Crippen LogP contribution in [0.15, 0.2) is 54.6 Å². The number of hydrogen-bond acceptors (Lipinski definition) is 4. The van der Waals surface area contributed by atoms with Crippen molar-refractivity contribution in [2.75, 3.05) is 32.1 Å². The Morgan fingerprint density at radius 2 is 1.91 bits per heavy atom. The number of benzene rings is 2. The van der Waals surface area contributed by atoms with Gasteiger partial charge in [0.2, 0.25) is 5.91 Å². The zero-order valence-corrected chi connectivity index (χ0v) is 18.7. The van der Waals surface area contributed by atoms with E-state index in [4.69, 9.17) is 4.74 Å². The number of nitrogens with zero attached hydrogens (tertiary/aromatic N) is 2. The number of aliphatic hydroxyl groups is 1. The van der Waals surface area contributed by atoms with Crippen LogP contribution in [0.1, 0.15) is 36.3 Å². The van der Waals surface area contributed by atoms with Gasteiger partial charge in [0.25, 0.3) is 0 Å². The van der Waals surface area contributed by atoms with Gasteiger partial charge < -0.3 is 25.0 Å². The van der Waals surface area contributed by atoms with Crippen LogP contribution in [0, 0.1) is 0 Å². The number of urea groups is 1. The quantitative estimate of drug-likeness (QED) is 0.736. The summed E-state index contributed by atoms with van der Waals surface area (Å²) < 4.78 is 5.15. The number of aliphatic hydroxyl groups excluding tert-OH is 1. The highest BCUT2D eigenvalue weighted by Crippen LogP contribution is 2.43. The molecule has 172 valence electrons. The Labute approximate surface area is 193 Å². The van der Waals surface area contributed by atoms with Gasteiger partial charge in [0.1, 0.15) is 12.3 Å². The first-order chi connectivity index (χ1) is 16.1. The molecule has 2 saturated heterocycles. The predicted octanol–water partition coefficient (Wildman–Crippen LogP) is 3.47. The molecule has 1 aliphatic carbocycles. The number of amides is 3. The fourth-order valence-electron chi connectivity index (χ4n) is 5.38. The molecule has 7 nitrogen and oxygen atoms in total. The van der Waals surface area contributed by atoms with Gasteiger partial charge in [-0.05, 0) is 60.2 Å². The minimum atomic E-state index is -0.303. The molecule has 0 saturated carbocycles. The lowest BCUT2D eigenvalue weighted by molar-refractivity contribution is -0.159. The summed E-state index contributed by atoms with van der Waals surface area (Å²) in [7, 11) is 1.59. The number of ether oxygens (including phenoxy) is 1. The third-order valence-corrected chi connectivity index (χ3v) is 7.09.